The third-order valence-corrected chi connectivity index (χ3v) is 3.66. The van der Waals surface area contributed by atoms with Crippen LogP contribution in [-0.2, 0) is 14.3 Å². The van der Waals surface area contributed by atoms with Crippen LogP contribution in [0.4, 0.5) is 5.69 Å². The summed E-state index contributed by atoms with van der Waals surface area (Å²) in [6, 6.07) is 13.6. The molecule has 0 radical (unpaired) electrons. The molecule has 0 saturated heterocycles. The lowest BCUT2D eigenvalue weighted by atomic mass is 10.1. The van der Waals surface area contributed by atoms with Crippen LogP contribution < -0.4 is 5.73 Å². The first-order valence-corrected chi connectivity index (χ1v) is 8.04. The Morgan fingerprint density at radius 1 is 1.08 bits per heavy atom. The molecule has 0 spiro atoms. The molecule has 0 aromatic heterocycles. The zero-order valence-electron chi connectivity index (χ0n) is 13.7. The zero-order valence-corrected chi connectivity index (χ0v) is 14.5. The average Bonchev–Trinajstić information content (AvgIpc) is 2.60. The Morgan fingerprint density at radius 3 is 2.44 bits per heavy atom. The Balaban J connectivity index is 2.20. The molecule has 0 atom stereocenters. The normalized spacial score (nSPS) is 11.0. The van der Waals surface area contributed by atoms with Crippen LogP contribution >= 0.6 is 11.6 Å². The van der Waals surface area contributed by atoms with Crippen LogP contribution in [0, 0.1) is 0 Å². The van der Waals surface area contributed by atoms with E-state index in [1.807, 2.05) is 0 Å². The topological polar surface area (TPSA) is 78.6 Å². The number of hydrogen-bond donors (Lipinski definition) is 1. The number of rotatable bonds is 6. The zero-order chi connectivity index (χ0) is 18.2. The SMILES string of the molecule is CCOC(=O)/C(=C/c1ccccc1Cl)COC(=O)c1ccccc1N. The van der Waals surface area contributed by atoms with E-state index in [0.717, 1.165) is 0 Å². The standard InChI is InChI=1S/C19H18ClNO4/c1-2-24-18(22)14(11-13-7-3-5-9-16(13)20)12-25-19(23)15-8-4-6-10-17(15)21/h3-11H,2,12,21H2,1H3/b14-11+. The second kappa shape index (κ2) is 8.89. The summed E-state index contributed by atoms with van der Waals surface area (Å²) >= 11 is 6.11. The molecular weight excluding hydrogens is 342 g/mol. The van der Waals surface area contributed by atoms with Crippen molar-refractivity contribution in [2.75, 3.05) is 18.9 Å². The molecule has 0 aliphatic carbocycles. The molecule has 0 bridgehead atoms. The first kappa shape index (κ1) is 18.5. The van der Waals surface area contributed by atoms with Crippen LogP contribution in [-0.4, -0.2) is 25.2 Å². The largest absolute Gasteiger partial charge is 0.463 e. The number of benzene rings is 2. The number of carbonyl (C=O) groups excluding carboxylic acids is 2. The maximum absolute atomic E-state index is 12.2. The third-order valence-electron chi connectivity index (χ3n) is 3.31. The van der Waals surface area contributed by atoms with Crippen molar-refractivity contribution in [3.8, 4) is 0 Å². The summed E-state index contributed by atoms with van der Waals surface area (Å²) in [5.74, 6) is -1.19. The summed E-state index contributed by atoms with van der Waals surface area (Å²) in [4.78, 5) is 24.3. The van der Waals surface area contributed by atoms with Crippen molar-refractivity contribution in [3.05, 3.63) is 70.3 Å². The van der Waals surface area contributed by atoms with Gasteiger partial charge in [0.2, 0.25) is 0 Å². The second-order valence-electron chi connectivity index (χ2n) is 5.07. The summed E-state index contributed by atoms with van der Waals surface area (Å²) in [5.41, 5.74) is 7.11. The lowest BCUT2D eigenvalue weighted by Gasteiger charge is -2.10. The van der Waals surface area contributed by atoms with Gasteiger partial charge in [0.25, 0.3) is 0 Å². The van der Waals surface area contributed by atoms with Gasteiger partial charge in [-0.15, -0.1) is 0 Å². The molecule has 0 fully saturated rings. The fraction of sp³-hybridized carbons (Fsp3) is 0.158. The van der Waals surface area contributed by atoms with Gasteiger partial charge >= 0.3 is 11.9 Å². The van der Waals surface area contributed by atoms with Gasteiger partial charge in [-0.05, 0) is 36.8 Å². The summed E-state index contributed by atoms with van der Waals surface area (Å²) in [5, 5.41) is 0.475. The number of ether oxygens (including phenoxy) is 2. The van der Waals surface area contributed by atoms with Crippen LogP contribution in [0.5, 0.6) is 0 Å². The van der Waals surface area contributed by atoms with Crippen molar-refractivity contribution in [1.29, 1.82) is 0 Å². The van der Waals surface area contributed by atoms with Crippen molar-refractivity contribution in [3.63, 3.8) is 0 Å². The highest BCUT2D eigenvalue weighted by Gasteiger charge is 2.16. The third kappa shape index (κ3) is 5.09. The number of carbonyl (C=O) groups is 2. The predicted octanol–water partition coefficient (Wildman–Crippen LogP) is 3.73. The van der Waals surface area contributed by atoms with Gasteiger partial charge in [0.05, 0.1) is 17.7 Å². The summed E-state index contributed by atoms with van der Waals surface area (Å²) in [7, 11) is 0. The van der Waals surface area contributed by atoms with E-state index in [1.165, 1.54) is 0 Å². The summed E-state index contributed by atoms with van der Waals surface area (Å²) in [6.07, 6.45) is 1.54. The van der Waals surface area contributed by atoms with Gasteiger partial charge in [-0.2, -0.15) is 0 Å². The molecule has 0 unspecified atom stereocenters. The summed E-state index contributed by atoms with van der Waals surface area (Å²) in [6.45, 7) is 1.65. The highest BCUT2D eigenvalue weighted by Crippen LogP contribution is 2.19. The van der Waals surface area contributed by atoms with E-state index in [4.69, 9.17) is 26.8 Å². The number of nitrogens with two attached hydrogens (primary N) is 1. The molecule has 2 rings (SSSR count). The average molecular weight is 360 g/mol. The number of hydrogen-bond acceptors (Lipinski definition) is 5. The fourth-order valence-corrected chi connectivity index (χ4v) is 2.26. The molecule has 0 saturated carbocycles. The van der Waals surface area contributed by atoms with Crippen molar-refractivity contribution in [2.24, 2.45) is 0 Å². The van der Waals surface area contributed by atoms with Crippen LogP contribution in [0.1, 0.15) is 22.8 Å². The van der Waals surface area contributed by atoms with Gasteiger partial charge in [-0.1, -0.05) is 41.9 Å². The molecule has 0 aliphatic heterocycles. The van der Waals surface area contributed by atoms with E-state index in [2.05, 4.69) is 0 Å². The van der Waals surface area contributed by atoms with Crippen LogP contribution in [0.15, 0.2) is 54.1 Å². The molecule has 5 nitrogen and oxygen atoms in total. The first-order chi connectivity index (χ1) is 12.0. The van der Waals surface area contributed by atoms with E-state index < -0.39 is 11.9 Å². The number of para-hydroxylation sites is 1. The minimum atomic E-state index is -0.618. The molecule has 2 aromatic rings. The van der Waals surface area contributed by atoms with Crippen molar-refractivity contribution < 1.29 is 19.1 Å². The quantitative estimate of drug-likeness (QED) is 0.483. The predicted molar refractivity (Wildman–Crippen MR) is 97.2 cm³/mol. The van der Waals surface area contributed by atoms with E-state index in [9.17, 15) is 9.59 Å². The molecule has 0 heterocycles. The second-order valence-corrected chi connectivity index (χ2v) is 5.48. The molecule has 0 aliphatic rings. The lowest BCUT2D eigenvalue weighted by molar-refractivity contribution is -0.138. The number of nitrogen functional groups attached to an aromatic ring is 1. The Bertz CT molecular complexity index is 802. The molecule has 6 heteroatoms. The van der Waals surface area contributed by atoms with Gasteiger partial charge in [0.15, 0.2) is 0 Å². The van der Waals surface area contributed by atoms with Crippen molar-refractivity contribution >= 4 is 35.3 Å². The van der Waals surface area contributed by atoms with Crippen LogP contribution in [0.2, 0.25) is 5.02 Å². The Hall–Kier alpha value is -2.79. The van der Waals surface area contributed by atoms with Crippen molar-refractivity contribution in [2.45, 2.75) is 6.92 Å². The molecule has 2 N–H and O–H groups in total. The Labute approximate surface area is 151 Å². The van der Waals surface area contributed by atoms with Gasteiger partial charge in [-0.25, -0.2) is 9.59 Å². The maximum Gasteiger partial charge on any atom is 0.340 e. The lowest BCUT2D eigenvalue weighted by Crippen LogP contribution is -2.16. The number of esters is 2. The smallest absolute Gasteiger partial charge is 0.340 e. The first-order valence-electron chi connectivity index (χ1n) is 7.66. The molecule has 25 heavy (non-hydrogen) atoms. The van der Waals surface area contributed by atoms with Crippen molar-refractivity contribution in [1.82, 2.24) is 0 Å². The Morgan fingerprint density at radius 2 is 1.76 bits per heavy atom. The monoisotopic (exact) mass is 359 g/mol. The van der Waals surface area contributed by atoms with Gasteiger partial charge in [-0.3, -0.25) is 0 Å². The highest BCUT2D eigenvalue weighted by atomic mass is 35.5. The minimum Gasteiger partial charge on any atom is -0.463 e. The van der Waals surface area contributed by atoms with Crippen LogP contribution in [0.3, 0.4) is 0 Å². The Kier molecular flexibility index (Phi) is 6.60. The van der Waals surface area contributed by atoms with E-state index in [0.29, 0.717) is 16.3 Å². The van der Waals surface area contributed by atoms with Gasteiger partial charge < -0.3 is 15.2 Å². The molecular formula is C19H18ClNO4. The number of halogens is 1. The highest BCUT2D eigenvalue weighted by molar-refractivity contribution is 6.32. The van der Waals surface area contributed by atoms with Gasteiger partial charge in [0.1, 0.15) is 6.61 Å². The molecule has 2 aromatic carbocycles. The number of anilines is 1. The molecule has 0 amide bonds. The summed E-state index contributed by atoms with van der Waals surface area (Å²) < 4.78 is 10.2. The minimum absolute atomic E-state index is 0.179. The van der Waals surface area contributed by atoms with E-state index in [-0.39, 0.29) is 24.4 Å². The van der Waals surface area contributed by atoms with Crippen LogP contribution in [0.25, 0.3) is 6.08 Å². The van der Waals surface area contributed by atoms with Gasteiger partial charge in [0, 0.05) is 10.7 Å². The van der Waals surface area contributed by atoms with E-state index >= 15 is 0 Å². The fourth-order valence-electron chi connectivity index (χ4n) is 2.07. The van der Waals surface area contributed by atoms with E-state index in [1.54, 1.807) is 61.5 Å². The molecule has 130 valence electrons. The maximum atomic E-state index is 12.2.